The highest BCUT2D eigenvalue weighted by molar-refractivity contribution is 6.34. The Kier molecular flexibility index (Phi) is 4.01. The maximum atomic E-state index is 13.0. The lowest BCUT2D eigenvalue weighted by Crippen LogP contribution is -2.29. The van der Waals surface area contributed by atoms with Crippen molar-refractivity contribution in [1.82, 2.24) is 0 Å². The van der Waals surface area contributed by atoms with E-state index in [2.05, 4.69) is 5.32 Å². The van der Waals surface area contributed by atoms with Gasteiger partial charge in [-0.1, -0.05) is 18.2 Å². The standard InChI is InChI=1S/C21H13FN2O3/c22-14-10-8-13(9-11-14)19(25)23-15-4-3-5-16(12-15)24-20(26)17-6-1-2-7-18(17)21(24)27/h1-12H,(H,23,25). The monoisotopic (exact) mass is 360 g/mol. The fraction of sp³-hybridized carbons (Fsp3) is 0. The van der Waals surface area contributed by atoms with Gasteiger partial charge in [0.05, 0.1) is 16.8 Å². The van der Waals surface area contributed by atoms with E-state index in [9.17, 15) is 18.8 Å². The highest BCUT2D eigenvalue weighted by Crippen LogP contribution is 2.29. The number of fused-ring (bicyclic) bond motifs is 1. The van der Waals surface area contributed by atoms with Crippen LogP contribution in [0.5, 0.6) is 0 Å². The minimum atomic E-state index is -0.431. The van der Waals surface area contributed by atoms with E-state index < -0.39 is 23.5 Å². The Morgan fingerprint density at radius 1 is 0.815 bits per heavy atom. The summed E-state index contributed by atoms with van der Waals surface area (Å²) < 4.78 is 13.0. The van der Waals surface area contributed by atoms with Gasteiger partial charge < -0.3 is 5.32 Å². The van der Waals surface area contributed by atoms with Crippen molar-refractivity contribution in [2.75, 3.05) is 10.2 Å². The molecule has 1 heterocycles. The number of nitrogens with zero attached hydrogens (tertiary/aromatic N) is 1. The third-order valence-electron chi connectivity index (χ3n) is 4.26. The van der Waals surface area contributed by atoms with Crippen molar-refractivity contribution in [1.29, 1.82) is 0 Å². The summed E-state index contributed by atoms with van der Waals surface area (Å²) in [6.45, 7) is 0. The van der Waals surface area contributed by atoms with Crippen LogP contribution in [0.3, 0.4) is 0 Å². The molecular formula is C21H13FN2O3. The largest absolute Gasteiger partial charge is 0.322 e. The number of halogens is 1. The minimum absolute atomic E-state index is 0.294. The molecule has 3 amide bonds. The second kappa shape index (κ2) is 6.49. The maximum Gasteiger partial charge on any atom is 0.266 e. The van der Waals surface area contributed by atoms with Crippen molar-refractivity contribution in [2.24, 2.45) is 0 Å². The number of anilines is 2. The van der Waals surface area contributed by atoms with Gasteiger partial charge in [0.1, 0.15) is 5.82 Å². The van der Waals surface area contributed by atoms with Gasteiger partial charge in [0.15, 0.2) is 0 Å². The molecule has 0 fully saturated rings. The van der Waals surface area contributed by atoms with E-state index in [4.69, 9.17) is 0 Å². The molecule has 3 aromatic carbocycles. The van der Waals surface area contributed by atoms with E-state index in [-0.39, 0.29) is 0 Å². The van der Waals surface area contributed by atoms with E-state index >= 15 is 0 Å². The molecule has 0 aliphatic carbocycles. The summed E-state index contributed by atoms with van der Waals surface area (Å²) in [7, 11) is 0. The summed E-state index contributed by atoms with van der Waals surface area (Å²) in [5, 5.41) is 2.68. The first-order valence-corrected chi connectivity index (χ1v) is 8.19. The number of hydrogen-bond acceptors (Lipinski definition) is 3. The van der Waals surface area contributed by atoms with Crippen molar-refractivity contribution >= 4 is 29.1 Å². The van der Waals surface area contributed by atoms with Crippen LogP contribution in [-0.4, -0.2) is 17.7 Å². The van der Waals surface area contributed by atoms with E-state index in [0.717, 1.165) is 4.90 Å². The average Bonchev–Trinajstić information content (AvgIpc) is 2.93. The Hall–Kier alpha value is -3.80. The fourth-order valence-electron chi connectivity index (χ4n) is 2.95. The molecule has 0 saturated carbocycles. The molecule has 5 nitrogen and oxygen atoms in total. The molecule has 0 bridgehead atoms. The molecular weight excluding hydrogens is 347 g/mol. The van der Waals surface area contributed by atoms with Crippen molar-refractivity contribution in [3.05, 3.63) is 95.3 Å². The number of carbonyl (C=O) groups is 3. The quantitative estimate of drug-likeness (QED) is 0.721. The molecule has 0 radical (unpaired) electrons. The van der Waals surface area contributed by atoms with Gasteiger partial charge in [-0.25, -0.2) is 9.29 Å². The van der Waals surface area contributed by atoms with Crippen LogP contribution >= 0.6 is 0 Å². The zero-order valence-electron chi connectivity index (χ0n) is 14.0. The molecule has 1 aliphatic rings. The lowest BCUT2D eigenvalue weighted by molar-refractivity contribution is 0.0925. The number of rotatable bonds is 3. The maximum absolute atomic E-state index is 13.0. The van der Waals surface area contributed by atoms with E-state index in [0.29, 0.717) is 28.1 Å². The highest BCUT2D eigenvalue weighted by Gasteiger charge is 2.36. The Morgan fingerprint density at radius 3 is 2.07 bits per heavy atom. The molecule has 4 rings (SSSR count). The van der Waals surface area contributed by atoms with Gasteiger partial charge in [0.2, 0.25) is 0 Å². The molecule has 6 heteroatoms. The number of amides is 3. The van der Waals surface area contributed by atoms with Gasteiger partial charge in [-0.2, -0.15) is 0 Å². The molecule has 0 spiro atoms. The third-order valence-corrected chi connectivity index (χ3v) is 4.26. The molecule has 0 saturated heterocycles. The smallest absolute Gasteiger partial charge is 0.266 e. The van der Waals surface area contributed by atoms with Crippen LogP contribution in [0.1, 0.15) is 31.1 Å². The predicted octanol–water partition coefficient (Wildman–Crippen LogP) is 3.88. The fourth-order valence-corrected chi connectivity index (χ4v) is 2.95. The molecule has 0 aromatic heterocycles. The van der Waals surface area contributed by atoms with E-state index in [1.165, 1.54) is 24.3 Å². The van der Waals surface area contributed by atoms with E-state index in [1.54, 1.807) is 48.5 Å². The van der Waals surface area contributed by atoms with Crippen LogP contribution in [0.4, 0.5) is 15.8 Å². The SMILES string of the molecule is O=C(Nc1cccc(N2C(=O)c3ccccc3C2=O)c1)c1ccc(F)cc1. The number of benzene rings is 3. The minimum Gasteiger partial charge on any atom is -0.322 e. The van der Waals surface area contributed by atoms with Gasteiger partial charge >= 0.3 is 0 Å². The summed E-state index contributed by atoms with van der Waals surface area (Å²) in [4.78, 5) is 38.5. The first kappa shape index (κ1) is 16.7. The normalized spacial score (nSPS) is 12.9. The number of hydrogen-bond donors (Lipinski definition) is 1. The number of nitrogens with one attached hydrogen (secondary N) is 1. The molecule has 132 valence electrons. The first-order valence-electron chi connectivity index (χ1n) is 8.19. The number of imide groups is 1. The molecule has 1 N–H and O–H groups in total. The van der Waals surface area contributed by atoms with Gasteiger partial charge in [-0.05, 0) is 54.6 Å². The zero-order chi connectivity index (χ0) is 19.0. The van der Waals surface area contributed by atoms with Gasteiger partial charge in [-0.3, -0.25) is 14.4 Å². The Bertz CT molecular complexity index is 1040. The summed E-state index contributed by atoms with van der Waals surface area (Å²) >= 11 is 0. The van der Waals surface area contributed by atoms with E-state index in [1.807, 2.05) is 0 Å². The van der Waals surface area contributed by atoms with Crippen molar-refractivity contribution < 1.29 is 18.8 Å². The third kappa shape index (κ3) is 2.97. The Labute approximate surface area is 154 Å². The molecule has 27 heavy (non-hydrogen) atoms. The van der Waals surface area contributed by atoms with Crippen LogP contribution in [0, 0.1) is 5.82 Å². The Morgan fingerprint density at radius 2 is 1.44 bits per heavy atom. The predicted molar refractivity (Wildman–Crippen MR) is 98.4 cm³/mol. The lowest BCUT2D eigenvalue weighted by Gasteiger charge is -2.15. The zero-order valence-corrected chi connectivity index (χ0v) is 14.0. The molecule has 0 atom stereocenters. The topological polar surface area (TPSA) is 66.5 Å². The van der Waals surface area contributed by atoms with Gasteiger partial charge in [0, 0.05) is 11.3 Å². The average molecular weight is 360 g/mol. The summed E-state index contributed by atoms with van der Waals surface area (Å²) in [5.74, 6) is -1.66. The van der Waals surface area contributed by atoms with Gasteiger partial charge in [0.25, 0.3) is 17.7 Å². The van der Waals surface area contributed by atoms with Crippen LogP contribution < -0.4 is 10.2 Å². The summed E-state index contributed by atoms with van der Waals surface area (Å²) in [6, 6.07) is 18.2. The summed E-state index contributed by atoms with van der Waals surface area (Å²) in [5.41, 5.74) is 1.77. The second-order valence-electron chi connectivity index (χ2n) is 6.00. The highest BCUT2D eigenvalue weighted by atomic mass is 19.1. The molecule has 3 aromatic rings. The van der Waals surface area contributed by atoms with Gasteiger partial charge in [-0.15, -0.1) is 0 Å². The van der Waals surface area contributed by atoms with Crippen LogP contribution in [-0.2, 0) is 0 Å². The number of carbonyl (C=O) groups excluding carboxylic acids is 3. The Balaban J connectivity index is 1.60. The van der Waals surface area contributed by atoms with Crippen LogP contribution in [0.2, 0.25) is 0 Å². The van der Waals surface area contributed by atoms with Crippen molar-refractivity contribution in [3.8, 4) is 0 Å². The van der Waals surface area contributed by atoms with Crippen LogP contribution in [0.25, 0.3) is 0 Å². The molecule has 0 unspecified atom stereocenters. The lowest BCUT2D eigenvalue weighted by atomic mass is 10.1. The second-order valence-corrected chi connectivity index (χ2v) is 6.00. The summed E-state index contributed by atoms with van der Waals surface area (Å²) in [6.07, 6.45) is 0. The van der Waals surface area contributed by atoms with Crippen molar-refractivity contribution in [2.45, 2.75) is 0 Å². The van der Waals surface area contributed by atoms with Crippen LogP contribution in [0.15, 0.2) is 72.8 Å². The molecule has 1 aliphatic heterocycles. The first-order chi connectivity index (χ1) is 13.0. The van der Waals surface area contributed by atoms with Crippen molar-refractivity contribution in [3.63, 3.8) is 0 Å².